The summed E-state index contributed by atoms with van der Waals surface area (Å²) in [5.41, 5.74) is 7.23. The molecule has 3 aromatic carbocycles. The zero-order valence-corrected chi connectivity index (χ0v) is 20.4. The van der Waals surface area contributed by atoms with E-state index in [1.54, 1.807) is 30.3 Å². The second-order valence-electron chi connectivity index (χ2n) is 7.62. The summed E-state index contributed by atoms with van der Waals surface area (Å²) in [6.07, 6.45) is 0. The van der Waals surface area contributed by atoms with Gasteiger partial charge in [-0.2, -0.15) is 0 Å². The Labute approximate surface area is 204 Å². The molecule has 184 valence electrons. The van der Waals surface area contributed by atoms with Gasteiger partial charge in [-0.3, -0.25) is 25.2 Å². The van der Waals surface area contributed by atoms with Crippen molar-refractivity contribution in [3.63, 3.8) is 0 Å². The van der Waals surface area contributed by atoms with Crippen molar-refractivity contribution in [2.45, 2.75) is 25.7 Å². The van der Waals surface area contributed by atoms with Crippen molar-refractivity contribution in [2.75, 3.05) is 17.9 Å². The maximum atomic E-state index is 12.6. The highest BCUT2D eigenvalue weighted by Gasteiger charge is 2.16. The van der Waals surface area contributed by atoms with Crippen LogP contribution in [0.15, 0.2) is 71.6 Å². The van der Waals surface area contributed by atoms with Crippen molar-refractivity contribution in [1.82, 2.24) is 10.9 Å². The van der Waals surface area contributed by atoms with E-state index in [4.69, 9.17) is 9.47 Å². The summed E-state index contributed by atoms with van der Waals surface area (Å²) in [7, 11) is -3.86. The van der Waals surface area contributed by atoms with Crippen molar-refractivity contribution >= 4 is 27.5 Å². The number of ether oxygens (including phenoxy) is 2. The van der Waals surface area contributed by atoms with Gasteiger partial charge in [0.05, 0.1) is 11.5 Å². The standard InChI is InChI=1S/C25H27N3O6S/c1-4-33-21-11-8-20(9-12-21)28-35(31,32)23-13-6-19(7-14-23)25(30)27-26-24(29)16-34-22-10-5-17(2)18(3)15-22/h5-15,28H,4,16H2,1-3H3,(H,26,29)(H,27,30). The summed E-state index contributed by atoms with van der Waals surface area (Å²) in [5.74, 6) is 0.0308. The van der Waals surface area contributed by atoms with Crippen LogP contribution < -0.4 is 25.0 Å². The molecule has 35 heavy (non-hydrogen) atoms. The number of carbonyl (C=O) groups excluding carboxylic acids is 2. The predicted octanol–water partition coefficient (Wildman–Crippen LogP) is 3.34. The minimum absolute atomic E-state index is 0.0197. The van der Waals surface area contributed by atoms with Crippen molar-refractivity contribution in [1.29, 1.82) is 0 Å². The first kappa shape index (κ1) is 25.6. The lowest BCUT2D eigenvalue weighted by Crippen LogP contribution is -2.43. The molecule has 3 aromatic rings. The topological polar surface area (TPSA) is 123 Å². The zero-order chi connectivity index (χ0) is 25.4. The summed E-state index contributed by atoms with van der Waals surface area (Å²) in [5, 5.41) is 0. The lowest BCUT2D eigenvalue weighted by atomic mass is 10.1. The van der Waals surface area contributed by atoms with E-state index in [1.807, 2.05) is 32.9 Å². The molecule has 2 amide bonds. The van der Waals surface area contributed by atoms with Gasteiger partial charge in [0, 0.05) is 11.3 Å². The average molecular weight is 498 g/mol. The van der Waals surface area contributed by atoms with E-state index in [1.165, 1.54) is 24.3 Å². The van der Waals surface area contributed by atoms with Gasteiger partial charge in [0.1, 0.15) is 11.5 Å². The van der Waals surface area contributed by atoms with Gasteiger partial charge in [-0.1, -0.05) is 6.07 Å². The fraction of sp³-hybridized carbons (Fsp3) is 0.200. The first-order chi connectivity index (χ1) is 16.7. The van der Waals surface area contributed by atoms with E-state index >= 15 is 0 Å². The molecule has 0 heterocycles. The number of aryl methyl sites for hydroxylation is 2. The maximum absolute atomic E-state index is 12.6. The van der Waals surface area contributed by atoms with Crippen molar-refractivity contribution in [2.24, 2.45) is 0 Å². The fourth-order valence-electron chi connectivity index (χ4n) is 2.97. The molecule has 0 aliphatic carbocycles. The molecule has 3 N–H and O–H groups in total. The normalized spacial score (nSPS) is 10.8. The Morgan fingerprint density at radius 2 is 1.46 bits per heavy atom. The van der Waals surface area contributed by atoms with Gasteiger partial charge in [0.25, 0.3) is 21.8 Å². The zero-order valence-electron chi connectivity index (χ0n) is 19.6. The third-order valence-corrected chi connectivity index (χ3v) is 6.41. The minimum Gasteiger partial charge on any atom is -0.494 e. The molecule has 10 heteroatoms. The molecule has 0 fully saturated rings. The molecule has 0 spiro atoms. The van der Waals surface area contributed by atoms with E-state index in [9.17, 15) is 18.0 Å². The molecule has 0 saturated heterocycles. The SMILES string of the molecule is CCOc1ccc(NS(=O)(=O)c2ccc(C(=O)NNC(=O)COc3ccc(C)c(C)c3)cc2)cc1. The van der Waals surface area contributed by atoms with Crippen LogP contribution >= 0.6 is 0 Å². The highest BCUT2D eigenvalue weighted by molar-refractivity contribution is 7.92. The van der Waals surface area contributed by atoms with Gasteiger partial charge in [0.15, 0.2) is 6.61 Å². The molecule has 0 bridgehead atoms. The average Bonchev–Trinajstić information content (AvgIpc) is 2.84. The lowest BCUT2D eigenvalue weighted by Gasteiger charge is -2.11. The van der Waals surface area contributed by atoms with Crippen LogP contribution in [0.2, 0.25) is 0 Å². The maximum Gasteiger partial charge on any atom is 0.276 e. The molecule has 0 atom stereocenters. The second-order valence-corrected chi connectivity index (χ2v) is 9.31. The van der Waals surface area contributed by atoms with Crippen LogP contribution in [-0.2, 0) is 14.8 Å². The molecule has 0 saturated carbocycles. The number of anilines is 1. The molecule has 0 radical (unpaired) electrons. The van der Waals surface area contributed by atoms with E-state index in [0.717, 1.165) is 11.1 Å². The summed E-state index contributed by atoms with van der Waals surface area (Å²) in [6, 6.07) is 17.3. The smallest absolute Gasteiger partial charge is 0.276 e. The number of hydrogen-bond acceptors (Lipinski definition) is 6. The highest BCUT2D eigenvalue weighted by Crippen LogP contribution is 2.20. The van der Waals surface area contributed by atoms with E-state index < -0.39 is 21.8 Å². The van der Waals surface area contributed by atoms with Crippen LogP contribution in [0.4, 0.5) is 5.69 Å². The fourth-order valence-corrected chi connectivity index (χ4v) is 4.03. The number of hydrogen-bond donors (Lipinski definition) is 3. The third-order valence-electron chi connectivity index (χ3n) is 5.01. The quantitative estimate of drug-likeness (QED) is 0.390. The Morgan fingerprint density at radius 3 is 2.09 bits per heavy atom. The molecule has 9 nitrogen and oxygen atoms in total. The Kier molecular flexibility index (Phi) is 8.32. The monoisotopic (exact) mass is 497 g/mol. The Balaban J connectivity index is 1.52. The van der Waals surface area contributed by atoms with Gasteiger partial charge in [-0.05, 0) is 92.6 Å². The van der Waals surface area contributed by atoms with Crippen molar-refractivity contribution in [3.05, 3.63) is 83.4 Å². The Morgan fingerprint density at radius 1 is 0.800 bits per heavy atom. The summed E-state index contributed by atoms with van der Waals surface area (Å²) < 4.78 is 38.5. The van der Waals surface area contributed by atoms with E-state index in [-0.39, 0.29) is 17.1 Å². The first-order valence-electron chi connectivity index (χ1n) is 10.8. The molecule has 0 aliphatic rings. The lowest BCUT2D eigenvalue weighted by molar-refractivity contribution is -0.123. The van der Waals surface area contributed by atoms with Crippen LogP contribution in [0.25, 0.3) is 0 Å². The molecular formula is C25H27N3O6S. The minimum atomic E-state index is -3.86. The van der Waals surface area contributed by atoms with Crippen molar-refractivity contribution in [3.8, 4) is 11.5 Å². The molecule has 0 aromatic heterocycles. The first-order valence-corrected chi connectivity index (χ1v) is 12.3. The molecule has 3 rings (SSSR count). The van der Waals surface area contributed by atoms with Crippen molar-refractivity contribution < 1.29 is 27.5 Å². The third kappa shape index (κ3) is 7.21. The number of hydrazine groups is 1. The van der Waals surface area contributed by atoms with Crippen LogP contribution in [0, 0.1) is 13.8 Å². The molecule has 0 unspecified atom stereocenters. The summed E-state index contributed by atoms with van der Waals surface area (Å²) >= 11 is 0. The van der Waals surface area contributed by atoms with Gasteiger partial charge < -0.3 is 9.47 Å². The van der Waals surface area contributed by atoms with Gasteiger partial charge in [-0.25, -0.2) is 8.42 Å². The Bertz CT molecular complexity index is 1290. The van der Waals surface area contributed by atoms with Gasteiger partial charge >= 0.3 is 0 Å². The van der Waals surface area contributed by atoms with Crippen LogP contribution in [0.5, 0.6) is 11.5 Å². The van der Waals surface area contributed by atoms with Crippen LogP contribution in [-0.4, -0.2) is 33.4 Å². The van der Waals surface area contributed by atoms with Gasteiger partial charge in [-0.15, -0.1) is 0 Å². The van der Waals surface area contributed by atoms with E-state index in [0.29, 0.717) is 23.8 Å². The number of rotatable bonds is 9. The predicted molar refractivity (Wildman–Crippen MR) is 132 cm³/mol. The Hall–Kier alpha value is -4.05. The number of sulfonamides is 1. The number of nitrogens with one attached hydrogen (secondary N) is 3. The summed E-state index contributed by atoms with van der Waals surface area (Å²) in [4.78, 5) is 24.3. The number of benzene rings is 3. The van der Waals surface area contributed by atoms with E-state index in [2.05, 4.69) is 15.6 Å². The second kappa shape index (κ2) is 11.4. The molecular weight excluding hydrogens is 470 g/mol. The largest absolute Gasteiger partial charge is 0.494 e. The number of carbonyl (C=O) groups is 2. The number of amides is 2. The van der Waals surface area contributed by atoms with Crippen LogP contribution in [0.1, 0.15) is 28.4 Å². The highest BCUT2D eigenvalue weighted by atomic mass is 32.2. The summed E-state index contributed by atoms with van der Waals surface area (Å²) in [6.45, 7) is 6.00. The molecule has 0 aliphatic heterocycles. The van der Waals surface area contributed by atoms with Crippen LogP contribution in [0.3, 0.4) is 0 Å². The van der Waals surface area contributed by atoms with Gasteiger partial charge in [0.2, 0.25) is 0 Å².